The summed E-state index contributed by atoms with van der Waals surface area (Å²) in [4.78, 5) is 139. The van der Waals surface area contributed by atoms with Gasteiger partial charge in [0.1, 0.15) is 48.6 Å². The molecule has 13 N–H and O–H groups in total. The van der Waals surface area contributed by atoms with Crippen LogP contribution >= 0.6 is 0 Å². The number of carbonyl (C=O) groups is 11. The van der Waals surface area contributed by atoms with Crippen molar-refractivity contribution in [2.75, 3.05) is 6.54 Å². The summed E-state index contributed by atoms with van der Waals surface area (Å²) in [7, 11) is 0. The van der Waals surface area contributed by atoms with Gasteiger partial charge in [-0.05, 0) is 55.4 Å². The minimum atomic E-state index is -1.93. The number of nitrogens with one attached hydrogen (secondary N) is 7. The number of benzene rings is 2. The Bertz CT molecular complexity index is 2050. The van der Waals surface area contributed by atoms with Crippen LogP contribution < -0.4 is 43.0 Å². The van der Waals surface area contributed by atoms with E-state index in [-0.39, 0.29) is 37.5 Å². The van der Waals surface area contributed by atoms with Crippen molar-refractivity contribution in [1.82, 2.24) is 37.2 Å². The zero-order chi connectivity index (χ0) is 49.5. The molecule has 0 saturated heterocycles. The van der Waals surface area contributed by atoms with Gasteiger partial charge in [0.25, 0.3) is 0 Å². The number of primary amides is 1. The molecular formula is C42H56N8O16. The predicted octanol–water partition coefficient (Wildman–Crippen LogP) is -1.47. The fourth-order valence-electron chi connectivity index (χ4n) is 5.92. The van der Waals surface area contributed by atoms with Crippen LogP contribution in [0.2, 0.25) is 0 Å². The van der Waals surface area contributed by atoms with Crippen LogP contribution in [-0.4, -0.2) is 129 Å². The summed E-state index contributed by atoms with van der Waals surface area (Å²) in [5.74, 6) is -12.0. The minimum absolute atomic E-state index is 0.0867. The SMILES string of the molecule is CC(C)C[C@H](NC(=O)[C@H](CC(=O)O)NC(=O)[C@H](CCC(=O)O)NC(=O)CNC(=O)[C@H](C)NC(=O)OCc1ccccc1)C(=O)N[C@@H](Cc1ccc(O)cc1)C(=O)N[C@@H](CCC(=O)O)C(N)=O. The molecule has 6 atom stereocenters. The van der Waals surface area contributed by atoms with Gasteiger partial charge in [-0.2, -0.15) is 0 Å². The number of aliphatic carboxylic acids is 3. The lowest BCUT2D eigenvalue weighted by molar-refractivity contribution is -0.141. The van der Waals surface area contributed by atoms with Crippen molar-refractivity contribution >= 4 is 65.4 Å². The first-order valence-electron chi connectivity index (χ1n) is 20.5. The van der Waals surface area contributed by atoms with E-state index in [4.69, 9.17) is 15.6 Å². The quantitative estimate of drug-likeness (QED) is 0.0463. The highest BCUT2D eigenvalue weighted by Gasteiger charge is 2.34. The summed E-state index contributed by atoms with van der Waals surface area (Å²) in [6, 6.07) is 4.82. The average molecular weight is 929 g/mol. The lowest BCUT2D eigenvalue weighted by Crippen LogP contribution is -2.60. The van der Waals surface area contributed by atoms with E-state index in [0.717, 1.165) is 0 Å². The second-order valence-electron chi connectivity index (χ2n) is 15.4. The monoisotopic (exact) mass is 928 g/mol. The lowest BCUT2D eigenvalue weighted by atomic mass is 10.00. The summed E-state index contributed by atoms with van der Waals surface area (Å²) in [5.41, 5.74) is 6.46. The highest BCUT2D eigenvalue weighted by Crippen LogP contribution is 2.14. The van der Waals surface area contributed by atoms with Crippen molar-refractivity contribution in [3.05, 3.63) is 65.7 Å². The van der Waals surface area contributed by atoms with Crippen LogP contribution in [0.1, 0.15) is 70.4 Å². The number of ether oxygens (including phenoxy) is 1. The number of alkyl carbamates (subject to hydrolysis) is 1. The predicted molar refractivity (Wildman–Crippen MR) is 228 cm³/mol. The summed E-state index contributed by atoms with van der Waals surface area (Å²) in [6.07, 6.45) is -4.57. The van der Waals surface area contributed by atoms with Gasteiger partial charge in [0, 0.05) is 19.3 Å². The van der Waals surface area contributed by atoms with Gasteiger partial charge in [-0.15, -0.1) is 0 Å². The third kappa shape index (κ3) is 21.1. The molecule has 0 radical (unpaired) electrons. The van der Waals surface area contributed by atoms with Crippen molar-refractivity contribution in [3.63, 3.8) is 0 Å². The number of carboxylic acids is 3. The second-order valence-corrected chi connectivity index (χ2v) is 15.4. The number of rotatable bonds is 28. The van der Waals surface area contributed by atoms with E-state index in [9.17, 15) is 68.1 Å². The number of amides is 8. The summed E-state index contributed by atoms with van der Waals surface area (Å²) in [6.45, 7) is 3.77. The number of nitrogens with two attached hydrogens (primary N) is 1. The molecule has 0 aromatic heterocycles. The largest absolute Gasteiger partial charge is 0.508 e. The molecule has 0 heterocycles. The Kier molecular flexibility index (Phi) is 22.6. The third-order valence-electron chi connectivity index (χ3n) is 9.33. The number of hydrogen-bond donors (Lipinski definition) is 12. The van der Waals surface area contributed by atoms with Crippen molar-refractivity contribution in [3.8, 4) is 5.75 Å². The first-order valence-corrected chi connectivity index (χ1v) is 20.5. The van der Waals surface area contributed by atoms with Crippen LogP contribution in [0, 0.1) is 5.92 Å². The molecule has 66 heavy (non-hydrogen) atoms. The molecule has 360 valence electrons. The molecule has 2 aromatic rings. The zero-order valence-corrected chi connectivity index (χ0v) is 36.4. The van der Waals surface area contributed by atoms with E-state index in [1.165, 1.54) is 31.2 Å². The Morgan fingerprint density at radius 2 is 1.09 bits per heavy atom. The smallest absolute Gasteiger partial charge is 0.408 e. The molecule has 0 fully saturated rings. The third-order valence-corrected chi connectivity index (χ3v) is 9.33. The van der Waals surface area contributed by atoms with Crippen LogP contribution in [0.3, 0.4) is 0 Å². The maximum absolute atomic E-state index is 13.9. The van der Waals surface area contributed by atoms with Gasteiger partial charge in [0.15, 0.2) is 0 Å². The minimum Gasteiger partial charge on any atom is -0.508 e. The molecule has 2 rings (SSSR count). The number of carbonyl (C=O) groups excluding carboxylic acids is 8. The Morgan fingerprint density at radius 3 is 1.65 bits per heavy atom. The van der Waals surface area contributed by atoms with Gasteiger partial charge in [-0.3, -0.25) is 47.9 Å². The number of aromatic hydroxyl groups is 1. The fourth-order valence-corrected chi connectivity index (χ4v) is 5.92. The number of phenols is 1. The molecule has 24 heteroatoms. The van der Waals surface area contributed by atoms with Crippen LogP contribution in [0.25, 0.3) is 0 Å². The first-order chi connectivity index (χ1) is 31.0. The molecular weight excluding hydrogens is 873 g/mol. The van der Waals surface area contributed by atoms with Crippen LogP contribution in [0.4, 0.5) is 4.79 Å². The Balaban J connectivity index is 2.23. The van der Waals surface area contributed by atoms with Gasteiger partial charge in [-0.25, -0.2) is 4.79 Å². The molecule has 0 bridgehead atoms. The van der Waals surface area contributed by atoms with Gasteiger partial charge in [0.2, 0.25) is 41.4 Å². The van der Waals surface area contributed by atoms with Crippen molar-refractivity contribution in [1.29, 1.82) is 0 Å². The molecule has 0 aliphatic rings. The maximum Gasteiger partial charge on any atom is 0.408 e. The molecule has 0 aliphatic heterocycles. The van der Waals surface area contributed by atoms with E-state index in [2.05, 4.69) is 37.2 Å². The van der Waals surface area contributed by atoms with Crippen molar-refractivity contribution < 1.29 is 77.9 Å². The van der Waals surface area contributed by atoms with Gasteiger partial charge >= 0.3 is 24.0 Å². The lowest BCUT2D eigenvalue weighted by Gasteiger charge is -2.27. The van der Waals surface area contributed by atoms with Gasteiger partial charge in [-0.1, -0.05) is 56.3 Å². The number of carboxylic acid groups (broad SMARTS) is 3. The topological polar surface area (TPSA) is 388 Å². The Hall–Kier alpha value is -7.79. The van der Waals surface area contributed by atoms with E-state index in [1.807, 2.05) is 0 Å². The average Bonchev–Trinajstić information content (AvgIpc) is 3.24. The van der Waals surface area contributed by atoms with Crippen LogP contribution in [0.5, 0.6) is 5.75 Å². The fraction of sp³-hybridized carbons (Fsp3) is 0.452. The second kappa shape index (κ2) is 27.4. The summed E-state index contributed by atoms with van der Waals surface area (Å²) >= 11 is 0. The number of hydrogen-bond acceptors (Lipinski definition) is 13. The zero-order valence-electron chi connectivity index (χ0n) is 36.4. The molecule has 0 spiro atoms. The van der Waals surface area contributed by atoms with Crippen LogP contribution in [0.15, 0.2) is 54.6 Å². The molecule has 2 aromatic carbocycles. The maximum atomic E-state index is 13.9. The van der Waals surface area contributed by atoms with E-state index in [0.29, 0.717) is 11.1 Å². The number of phenolic OH excluding ortho intramolecular Hbond substituents is 1. The Morgan fingerprint density at radius 1 is 0.576 bits per heavy atom. The van der Waals surface area contributed by atoms with Gasteiger partial charge in [0.05, 0.1) is 13.0 Å². The summed E-state index contributed by atoms with van der Waals surface area (Å²) in [5, 5.41) is 53.8. The van der Waals surface area contributed by atoms with Gasteiger partial charge < -0.3 is 68.1 Å². The molecule has 0 saturated carbocycles. The summed E-state index contributed by atoms with van der Waals surface area (Å²) < 4.78 is 5.06. The van der Waals surface area contributed by atoms with E-state index in [1.54, 1.807) is 44.2 Å². The van der Waals surface area contributed by atoms with Crippen LogP contribution in [-0.2, 0) is 65.7 Å². The molecule has 8 amide bonds. The normalized spacial score (nSPS) is 13.5. The highest BCUT2D eigenvalue weighted by atomic mass is 16.5. The molecule has 24 nitrogen and oxygen atoms in total. The first kappa shape index (κ1) is 54.3. The standard InChI is InChI=1S/C42H56N8O16/c1-22(2)17-29(39(62)49-30(18-24-9-11-26(51)12-10-24)40(63)47-27(36(43)59)13-15-33(53)54)48-41(64)31(19-35(57)58)50-38(61)28(14-16-34(55)56)46-32(52)20-44-37(60)23(3)45-42(65)66-21-25-7-5-4-6-8-25/h4-12,22-23,27-31,51H,13-21H2,1-3H3,(H2,43,59)(H,44,60)(H,45,65)(H,46,52)(H,47,63)(H,48,64)(H,49,62)(H,50,61)(H,53,54)(H,55,56)(H,57,58)/t23-,27-,28-,29-,30-,31-/m0/s1. The van der Waals surface area contributed by atoms with Crippen molar-refractivity contribution in [2.24, 2.45) is 11.7 Å². The van der Waals surface area contributed by atoms with E-state index < -0.39 is 134 Å². The molecule has 0 unspecified atom stereocenters. The van der Waals surface area contributed by atoms with Crippen molar-refractivity contribution in [2.45, 2.75) is 109 Å². The molecule has 0 aliphatic carbocycles. The Labute approximate surface area is 378 Å². The highest BCUT2D eigenvalue weighted by molar-refractivity contribution is 5.98. The van der Waals surface area contributed by atoms with E-state index >= 15 is 0 Å².